The van der Waals surface area contributed by atoms with Crippen LogP contribution in [0.1, 0.15) is 12.5 Å². The van der Waals surface area contributed by atoms with Crippen molar-refractivity contribution in [3.05, 3.63) is 40.1 Å². The summed E-state index contributed by atoms with van der Waals surface area (Å²) >= 11 is 0. The molecule has 124 valence electrons. The first kappa shape index (κ1) is 16.7. The number of aromatic amines is 1. The summed E-state index contributed by atoms with van der Waals surface area (Å²) in [6.45, 7) is 0.911. The van der Waals surface area contributed by atoms with Crippen LogP contribution in [0.25, 0.3) is 10.9 Å². The minimum atomic E-state index is -5.38. The van der Waals surface area contributed by atoms with Gasteiger partial charge in [0.25, 0.3) is 11.3 Å². The molecule has 0 saturated carbocycles. The Morgan fingerprint density at radius 2 is 2.09 bits per heavy atom. The van der Waals surface area contributed by atoms with Gasteiger partial charge in [-0.05, 0) is 13.0 Å². The number of hydrogen-bond acceptors (Lipinski definition) is 5. The Kier molecular flexibility index (Phi) is 4.03. The number of H-pyrrole nitrogens is 1. The minimum Gasteiger partial charge on any atom is -0.463 e. The number of nitro benzene ring substituents is 1. The van der Waals surface area contributed by atoms with E-state index in [1.807, 2.05) is 0 Å². The molecule has 0 saturated heterocycles. The van der Waals surface area contributed by atoms with Gasteiger partial charge in [0.05, 0.1) is 11.5 Å². The maximum Gasteiger partial charge on any atom is 0.432 e. The Hall–Kier alpha value is -2.62. The van der Waals surface area contributed by atoms with Crippen molar-refractivity contribution >= 4 is 22.6 Å². The third-order valence-electron chi connectivity index (χ3n) is 3.25. The number of hydrogen-bond donors (Lipinski definition) is 2. The number of fused-ring (bicyclic) bond motifs is 1. The number of alkyl halides is 3. The minimum absolute atomic E-state index is 0.0950. The number of aromatic nitrogens is 1. The molecule has 7 nitrogen and oxygen atoms in total. The molecule has 0 fully saturated rings. The Morgan fingerprint density at radius 1 is 1.43 bits per heavy atom. The number of nitrogens with one attached hydrogen (secondary N) is 1. The van der Waals surface area contributed by atoms with E-state index in [0.717, 1.165) is 18.3 Å². The molecule has 2 N–H and O–H groups in total. The van der Waals surface area contributed by atoms with E-state index < -0.39 is 33.9 Å². The molecule has 1 aromatic heterocycles. The lowest BCUT2D eigenvalue weighted by Gasteiger charge is -2.27. The van der Waals surface area contributed by atoms with Crippen LogP contribution in [0.4, 0.5) is 18.9 Å². The van der Waals surface area contributed by atoms with Crippen molar-refractivity contribution in [2.75, 3.05) is 6.61 Å². The van der Waals surface area contributed by atoms with Crippen molar-refractivity contribution < 1.29 is 32.7 Å². The van der Waals surface area contributed by atoms with Crippen molar-refractivity contribution in [2.45, 2.75) is 18.7 Å². The highest BCUT2D eigenvalue weighted by Gasteiger charge is 2.63. The first-order valence-electron chi connectivity index (χ1n) is 6.35. The number of non-ortho nitro benzene ring substituents is 1. The second-order valence-corrected chi connectivity index (χ2v) is 4.62. The standard InChI is InChI=1S/C13H11F3N2O5/c1-2-23-11(19)12(20,13(14,15)16)9-6-17-10-4-3-7(18(21)22)5-8(9)10/h3-6,17,20H,2H2,1H3. The second kappa shape index (κ2) is 5.54. The maximum absolute atomic E-state index is 13.3. The molecular formula is C13H11F3N2O5. The smallest absolute Gasteiger partial charge is 0.432 e. The Balaban J connectivity index is 2.73. The topological polar surface area (TPSA) is 105 Å². The zero-order valence-electron chi connectivity index (χ0n) is 11.7. The molecule has 1 unspecified atom stereocenters. The molecule has 1 aromatic carbocycles. The van der Waals surface area contributed by atoms with Gasteiger partial charge < -0.3 is 14.8 Å². The molecule has 0 amide bonds. The Bertz CT molecular complexity index is 771. The molecule has 10 heteroatoms. The second-order valence-electron chi connectivity index (χ2n) is 4.62. The fourth-order valence-electron chi connectivity index (χ4n) is 2.14. The normalized spacial score (nSPS) is 14.5. The summed E-state index contributed by atoms with van der Waals surface area (Å²) in [5.41, 5.74) is -5.18. The van der Waals surface area contributed by atoms with Crippen molar-refractivity contribution in [3.63, 3.8) is 0 Å². The molecule has 2 rings (SSSR count). The molecule has 0 aliphatic carbocycles. The van der Waals surface area contributed by atoms with Crippen molar-refractivity contribution in [2.24, 2.45) is 0 Å². The van der Waals surface area contributed by atoms with Gasteiger partial charge in [0, 0.05) is 34.8 Å². The highest BCUT2D eigenvalue weighted by atomic mass is 19.4. The lowest BCUT2D eigenvalue weighted by atomic mass is 9.92. The van der Waals surface area contributed by atoms with E-state index in [2.05, 4.69) is 9.72 Å². The number of nitrogens with zero attached hydrogens (tertiary/aromatic N) is 1. The molecular weight excluding hydrogens is 321 g/mol. The summed E-state index contributed by atoms with van der Waals surface area (Å²) in [4.78, 5) is 24.2. The van der Waals surface area contributed by atoms with E-state index in [9.17, 15) is 33.2 Å². The lowest BCUT2D eigenvalue weighted by molar-refractivity contribution is -0.384. The SMILES string of the molecule is CCOC(=O)C(O)(c1c[nH]c2ccc([N+](=O)[O-])cc12)C(F)(F)F. The zero-order chi connectivity index (χ0) is 17.4. The van der Waals surface area contributed by atoms with E-state index in [4.69, 9.17) is 0 Å². The average molecular weight is 332 g/mol. The number of carbonyl (C=O) groups is 1. The first-order chi connectivity index (χ1) is 10.6. The van der Waals surface area contributed by atoms with Crippen LogP contribution < -0.4 is 0 Å². The number of nitro groups is 1. The number of benzene rings is 1. The predicted molar refractivity (Wildman–Crippen MR) is 71.5 cm³/mol. The molecule has 2 aromatic rings. The number of aliphatic hydroxyl groups is 1. The van der Waals surface area contributed by atoms with Gasteiger partial charge in [0.15, 0.2) is 0 Å². The fourth-order valence-corrected chi connectivity index (χ4v) is 2.14. The molecule has 1 heterocycles. The third-order valence-corrected chi connectivity index (χ3v) is 3.25. The molecule has 0 aliphatic rings. The summed E-state index contributed by atoms with van der Waals surface area (Å²) in [6, 6.07) is 3.11. The Labute approximate surface area is 126 Å². The Morgan fingerprint density at radius 3 is 2.61 bits per heavy atom. The number of carbonyl (C=O) groups excluding carboxylic acids is 1. The fraction of sp³-hybridized carbons (Fsp3) is 0.308. The van der Waals surface area contributed by atoms with E-state index in [1.165, 1.54) is 13.0 Å². The summed E-state index contributed by atoms with van der Waals surface area (Å²) < 4.78 is 44.3. The predicted octanol–water partition coefficient (Wildman–Crippen LogP) is 2.39. The van der Waals surface area contributed by atoms with Gasteiger partial charge in [-0.15, -0.1) is 0 Å². The molecule has 0 radical (unpaired) electrons. The van der Waals surface area contributed by atoms with E-state index in [0.29, 0.717) is 0 Å². The van der Waals surface area contributed by atoms with Crippen LogP contribution in [-0.2, 0) is 15.1 Å². The van der Waals surface area contributed by atoms with Crippen molar-refractivity contribution in [1.82, 2.24) is 4.98 Å². The van der Waals surface area contributed by atoms with Gasteiger partial charge in [0.2, 0.25) is 0 Å². The average Bonchev–Trinajstić information content (AvgIpc) is 2.88. The number of ether oxygens (including phenoxy) is 1. The first-order valence-corrected chi connectivity index (χ1v) is 6.35. The molecule has 0 bridgehead atoms. The van der Waals surface area contributed by atoms with Gasteiger partial charge in [-0.25, -0.2) is 4.79 Å². The maximum atomic E-state index is 13.3. The van der Waals surface area contributed by atoms with E-state index in [1.54, 1.807) is 0 Å². The van der Waals surface area contributed by atoms with Crippen LogP contribution in [0.5, 0.6) is 0 Å². The molecule has 0 aliphatic heterocycles. The van der Waals surface area contributed by atoms with Crippen molar-refractivity contribution in [1.29, 1.82) is 0 Å². The van der Waals surface area contributed by atoms with Crippen LogP contribution in [-0.4, -0.2) is 33.8 Å². The monoisotopic (exact) mass is 332 g/mol. The zero-order valence-corrected chi connectivity index (χ0v) is 11.7. The van der Waals surface area contributed by atoms with Crippen LogP contribution in [0.15, 0.2) is 24.4 Å². The van der Waals surface area contributed by atoms with Crippen LogP contribution in [0.2, 0.25) is 0 Å². The largest absolute Gasteiger partial charge is 0.463 e. The number of rotatable bonds is 4. The van der Waals surface area contributed by atoms with Gasteiger partial charge in [-0.1, -0.05) is 0 Å². The van der Waals surface area contributed by atoms with E-state index in [-0.39, 0.29) is 17.5 Å². The third kappa shape index (κ3) is 2.61. The molecule has 1 atom stereocenters. The summed E-state index contributed by atoms with van der Waals surface area (Å²) in [6.07, 6.45) is -4.60. The molecule has 23 heavy (non-hydrogen) atoms. The van der Waals surface area contributed by atoms with Crippen LogP contribution >= 0.6 is 0 Å². The van der Waals surface area contributed by atoms with Gasteiger partial charge in [-0.2, -0.15) is 13.2 Å². The van der Waals surface area contributed by atoms with Gasteiger partial charge in [-0.3, -0.25) is 10.1 Å². The number of halogens is 3. The summed E-state index contributed by atoms with van der Waals surface area (Å²) in [7, 11) is 0. The summed E-state index contributed by atoms with van der Waals surface area (Å²) in [5, 5.41) is 20.5. The lowest BCUT2D eigenvalue weighted by Crippen LogP contribution is -2.50. The summed E-state index contributed by atoms with van der Waals surface area (Å²) in [5.74, 6) is -1.90. The quantitative estimate of drug-likeness (QED) is 0.508. The van der Waals surface area contributed by atoms with Crippen LogP contribution in [0, 0.1) is 10.1 Å². The van der Waals surface area contributed by atoms with Gasteiger partial charge in [0.1, 0.15) is 0 Å². The van der Waals surface area contributed by atoms with E-state index >= 15 is 0 Å². The highest BCUT2D eigenvalue weighted by molar-refractivity contribution is 5.93. The number of esters is 1. The van der Waals surface area contributed by atoms with Gasteiger partial charge >= 0.3 is 12.1 Å². The molecule has 0 spiro atoms. The highest BCUT2D eigenvalue weighted by Crippen LogP contribution is 2.43. The van der Waals surface area contributed by atoms with Crippen molar-refractivity contribution in [3.8, 4) is 0 Å². The van der Waals surface area contributed by atoms with Crippen LogP contribution in [0.3, 0.4) is 0 Å².